The van der Waals surface area contributed by atoms with E-state index in [4.69, 9.17) is 4.74 Å². The van der Waals surface area contributed by atoms with Gasteiger partial charge in [-0.05, 0) is 41.6 Å². The first-order valence-corrected chi connectivity index (χ1v) is 9.27. The molecule has 0 fully saturated rings. The Morgan fingerprint density at radius 3 is 2.56 bits per heavy atom. The Bertz CT molecular complexity index is 923. The van der Waals surface area contributed by atoms with Gasteiger partial charge in [0.05, 0.1) is 6.04 Å². The quantitative estimate of drug-likeness (QED) is 0.637. The van der Waals surface area contributed by atoms with Gasteiger partial charge >= 0.3 is 5.97 Å². The molecule has 1 heterocycles. The molecule has 2 N–H and O–H groups in total. The molecule has 3 rings (SSSR count). The van der Waals surface area contributed by atoms with Gasteiger partial charge in [-0.15, -0.1) is 11.3 Å². The molecule has 1 amide bonds. The summed E-state index contributed by atoms with van der Waals surface area (Å²) >= 11 is 1.54. The largest absolute Gasteiger partial charge is 0.507 e. The first-order chi connectivity index (χ1) is 13.0. The molecule has 1 aromatic heterocycles. The van der Waals surface area contributed by atoms with Gasteiger partial charge in [0, 0.05) is 4.88 Å². The summed E-state index contributed by atoms with van der Waals surface area (Å²) in [5.41, 5.74) is 1.80. The molecule has 0 saturated carbocycles. The van der Waals surface area contributed by atoms with Crippen LogP contribution < -0.4 is 5.32 Å². The number of carbonyl (C=O) groups excluding carboxylic acids is 2. The van der Waals surface area contributed by atoms with E-state index in [1.54, 1.807) is 13.0 Å². The van der Waals surface area contributed by atoms with Crippen LogP contribution >= 0.6 is 11.3 Å². The summed E-state index contributed by atoms with van der Waals surface area (Å²) in [6, 6.07) is 17.8. The van der Waals surface area contributed by atoms with Crippen molar-refractivity contribution in [2.24, 2.45) is 0 Å². The second kappa shape index (κ2) is 8.51. The number of hydrogen-bond acceptors (Lipinski definition) is 5. The molecule has 0 spiro atoms. The highest BCUT2D eigenvalue weighted by Crippen LogP contribution is 2.26. The standard InChI is InChI=1S/C21H19NO4S/c1-14-9-10-16(17(23)12-14)21(25)26-13-19(24)22-20(18-8-5-11-27-18)15-6-3-2-4-7-15/h2-12,20,23H,13H2,1H3,(H,22,24)/t20-/m1/s1. The molecular weight excluding hydrogens is 362 g/mol. The fraction of sp³-hybridized carbons (Fsp3) is 0.143. The third-order valence-electron chi connectivity index (χ3n) is 3.97. The molecule has 2 aromatic carbocycles. The van der Waals surface area contributed by atoms with Crippen molar-refractivity contribution >= 4 is 23.2 Å². The smallest absolute Gasteiger partial charge is 0.342 e. The topological polar surface area (TPSA) is 75.6 Å². The highest BCUT2D eigenvalue weighted by Gasteiger charge is 2.19. The van der Waals surface area contributed by atoms with Crippen molar-refractivity contribution < 1.29 is 19.4 Å². The van der Waals surface area contributed by atoms with E-state index >= 15 is 0 Å². The Morgan fingerprint density at radius 1 is 1.11 bits per heavy atom. The van der Waals surface area contributed by atoms with Crippen molar-refractivity contribution in [1.29, 1.82) is 0 Å². The van der Waals surface area contributed by atoms with Crippen molar-refractivity contribution in [2.45, 2.75) is 13.0 Å². The fourth-order valence-corrected chi connectivity index (χ4v) is 3.45. The maximum Gasteiger partial charge on any atom is 0.342 e. The predicted molar refractivity (Wildman–Crippen MR) is 104 cm³/mol. The van der Waals surface area contributed by atoms with Crippen LogP contribution in [0.25, 0.3) is 0 Å². The first-order valence-electron chi connectivity index (χ1n) is 8.39. The number of nitrogens with one attached hydrogen (secondary N) is 1. The van der Waals surface area contributed by atoms with Crippen molar-refractivity contribution in [3.63, 3.8) is 0 Å². The third kappa shape index (κ3) is 4.74. The molecular formula is C21H19NO4S. The molecule has 0 saturated heterocycles. The summed E-state index contributed by atoms with van der Waals surface area (Å²) in [5, 5.41) is 14.7. The van der Waals surface area contributed by atoms with E-state index in [2.05, 4.69) is 5.32 Å². The Hall–Kier alpha value is -3.12. The van der Waals surface area contributed by atoms with Crippen LogP contribution in [0.15, 0.2) is 66.0 Å². The maximum atomic E-state index is 12.4. The molecule has 1 atom stereocenters. The molecule has 27 heavy (non-hydrogen) atoms. The Balaban J connectivity index is 1.65. The van der Waals surface area contributed by atoms with Gasteiger partial charge in [-0.25, -0.2) is 4.79 Å². The number of esters is 1. The van der Waals surface area contributed by atoms with E-state index in [1.165, 1.54) is 23.5 Å². The number of phenols is 1. The van der Waals surface area contributed by atoms with Gasteiger partial charge in [-0.2, -0.15) is 0 Å². The molecule has 0 unspecified atom stereocenters. The lowest BCUT2D eigenvalue weighted by molar-refractivity contribution is -0.124. The molecule has 0 aliphatic rings. The van der Waals surface area contributed by atoms with Crippen molar-refractivity contribution in [3.8, 4) is 5.75 Å². The van der Waals surface area contributed by atoms with Crippen molar-refractivity contribution in [2.75, 3.05) is 6.61 Å². The number of thiophene rings is 1. The van der Waals surface area contributed by atoms with E-state index < -0.39 is 18.5 Å². The van der Waals surface area contributed by atoms with Gasteiger partial charge in [-0.1, -0.05) is 42.5 Å². The Labute approximate surface area is 161 Å². The second-order valence-corrected chi connectivity index (χ2v) is 7.00. The molecule has 0 radical (unpaired) electrons. The van der Waals surface area contributed by atoms with Crippen LogP contribution in [0.5, 0.6) is 5.75 Å². The number of aromatic hydroxyl groups is 1. The number of hydrogen-bond donors (Lipinski definition) is 2. The predicted octanol–water partition coefficient (Wildman–Crippen LogP) is 3.82. The number of amides is 1. The highest BCUT2D eigenvalue weighted by molar-refractivity contribution is 7.10. The molecule has 3 aromatic rings. The van der Waals surface area contributed by atoms with E-state index in [9.17, 15) is 14.7 Å². The van der Waals surface area contributed by atoms with Gasteiger partial charge in [-0.3, -0.25) is 4.79 Å². The lowest BCUT2D eigenvalue weighted by atomic mass is 10.1. The van der Waals surface area contributed by atoms with Gasteiger partial charge in [0.15, 0.2) is 6.61 Å². The van der Waals surface area contributed by atoms with Gasteiger partial charge in [0.25, 0.3) is 5.91 Å². The summed E-state index contributed by atoms with van der Waals surface area (Å²) in [7, 11) is 0. The lowest BCUT2D eigenvalue weighted by Gasteiger charge is -2.18. The summed E-state index contributed by atoms with van der Waals surface area (Å²) in [6.07, 6.45) is 0. The van der Waals surface area contributed by atoms with Gasteiger partial charge in [0.2, 0.25) is 0 Å². The van der Waals surface area contributed by atoms with Crippen LogP contribution in [0.1, 0.15) is 32.4 Å². The number of benzene rings is 2. The van der Waals surface area contributed by atoms with Crippen LogP contribution in [0, 0.1) is 6.92 Å². The average molecular weight is 381 g/mol. The summed E-state index contributed by atoms with van der Waals surface area (Å²) in [5.74, 6) is -1.33. The van der Waals surface area contributed by atoms with Crippen LogP contribution in [-0.2, 0) is 9.53 Å². The van der Waals surface area contributed by atoms with E-state index in [-0.39, 0.29) is 17.4 Å². The lowest BCUT2D eigenvalue weighted by Crippen LogP contribution is -2.32. The first kappa shape index (κ1) is 18.7. The molecule has 5 nitrogen and oxygen atoms in total. The average Bonchev–Trinajstić information content (AvgIpc) is 3.19. The van der Waals surface area contributed by atoms with E-state index in [0.717, 1.165) is 16.0 Å². The SMILES string of the molecule is Cc1ccc(C(=O)OCC(=O)N[C@H](c2ccccc2)c2cccs2)c(O)c1. The number of ether oxygens (including phenoxy) is 1. The minimum Gasteiger partial charge on any atom is -0.507 e. The van der Waals surface area contributed by atoms with Crippen LogP contribution in [0.4, 0.5) is 0 Å². The van der Waals surface area contributed by atoms with E-state index in [0.29, 0.717) is 0 Å². The summed E-state index contributed by atoms with van der Waals surface area (Å²) in [4.78, 5) is 25.4. The number of aryl methyl sites for hydroxylation is 1. The van der Waals surface area contributed by atoms with Crippen LogP contribution in [0.3, 0.4) is 0 Å². The zero-order valence-corrected chi connectivity index (χ0v) is 15.5. The van der Waals surface area contributed by atoms with Crippen molar-refractivity contribution in [3.05, 3.63) is 87.6 Å². The summed E-state index contributed by atoms with van der Waals surface area (Å²) in [6.45, 7) is 1.37. The normalized spacial score (nSPS) is 11.6. The fourth-order valence-electron chi connectivity index (χ4n) is 2.65. The third-order valence-corrected chi connectivity index (χ3v) is 4.91. The second-order valence-electron chi connectivity index (χ2n) is 6.02. The molecule has 0 bridgehead atoms. The van der Waals surface area contributed by atoms with Crippen LogP contribution in [0.2, 0.25) is 0 Å². The minimum atomic E-state index is -0.741. The van der Waals surface area contributed by atoms with E-state index in [1.807, 2.05) is 47.8 Å². The van der Waals surface area contributed by atoms with Crippen LogP contribution in [-0.4, -0.2) is 23.6 Å². The zero-order chi connectivity index (χ0) is 19.2. The van der Waals surface area contributed by atoms with Gasteiger partial charge < -0.3 is 15.2 Å². The Kier molecular flexibility index (Phi) is 5.88. The molecule has 6 heteroatoms. The minimum absolute atomic E-state index is 0.0336. The molecule has 0 aliphatic heterocycles. The van der Waals surface area contributed by atoms with Gasteiger partial charge in [0.1, 0.15) is 11.3 Å². The molecule has 138 valence electrons. The maximum absolute atomic E-state index is 12.4. The number of phenolic OH excluding ortho intramolecular Hbond substituents is 1. The number of rotatable bonds is 6. The van der Waals surface area contributed by atoms with Crippen molar-refractivity contribution in [1.82, 2.24) is 5.32 Å². The monoisotopic (exact) mass is 381 g/mol. The number of carbonyl (C=O) groups is 2. The molecule has 0 aliphatic carbocycles. The summed E-state index contributed by atoms with van der Waals surface area (Å²) < 4.78 is 5.06. The highest BCUT2D eigenvalue weighted by atomic mass is 32.1. The Morgan fingerprint density at radius 2 is 1.89 bits per heavy atom. The zero-order valence-electron chi connectivity index (χ0n) is 14.7.